The number of fused-ring (bicyclic) bond motifs is 1. The molecule has 0 radical (unpaired) electrons. The SMILES string of the molecule is O=C(CC1CCCO1)NC(Cc1c[nH]c2ccc(Br)cc12)C(=O)O. The molecular weight excluding hydrogens is 376 g/mol. The van der Waals surface area contributed by atoms with Gasteiger partial charge in [-0.25, -0.2) is 4.79 Å². The van der Waals surface area contributed by atoms with Crippen LogP contribution in [0.4, 0.5) is 0 Å². The lowest BCUT2D eigenvalue weighted by molar-refractivity contribution is -0.142. The Hall–Kier alpha value is -1.86. The van der Waals surface area contributed by atoms with Crippen molar-refractivity contribution >= 4 is 38.7 Å². The molecule has 0 saturated carbocycles. The van der Waals surface area contributed by atoms with Crippen molar-refractivity contribution in [2.45, 2.75) is 37.8 Å². The topological polar surface area (TPSA) is 91.4 Å². The van der Waals surface area contributed by atoms with Crippen molar-refractivity contribution in [2.24, 2.45) is 0 Å². The van der Waals surface area contributed by atoms with Gasteiger partial charge in [-0.2, -0.15) is 0 Å². The molecule has 24 heavy (non-hydrogen) atoms. The number of aromatic amines is 1. The van der Waals surface area contributed by atoms with E-state index in [0.717, 1.165) is 33.8 Å². The second-order valence-corrected chi connectivity index (χ2v) is 6.92. The van der Waals surface area contributed by atoms with Crippen LogP contribution in [0.15, 0.2) is 28.9 Å². The largest absolute Gasteiger partial charge is 0.480 e. The van der Waals surface area contributed by atoms with Gasteiger partial charge in [0.05, 0.1) is 12.5 Å². The fourth-order valence-corrected chi connectivity index (χ4v) is 3.37. The Labute approximate surface area is 147 Å². The molecular formula is C17H19BrN2O4. The Bertz CT molecular complexity index is 752. The number of H-pyrrole nitrogens is 1. The number of halogens is 1. The van der Waals surface area contributed by atoms with Crippen LogP contribution in [0.2, 0.25) is 0 Å². The van der Waals surface area contributed by atoms with Gasteiger partial charge in [0.15, 0.2) is 0 Å². The third-order valence-electron chi connectivity index (χ3n) is 4.22. The van der Waals surface area contributed by atoms with Gasteiger partial charge >= 0.3 is 5.97 Å². The highest BCUT2D eigenvalue weighted by molar-refractivity contribution is 9.10. The Morgan fingerprint density at radius 2 is 2.29 bits per heavy atom. The number of carbonyl (C=O) groups excluding carboxylic acids is 1. The zero-order chi connectivity index (χ0) is 17.1. The maximum absolute atomic E-state index is 12.1. The third-order valence-corrected chi connectivity index (χ3v) is 4.72. The first-order valence-electron chi connectivity index (χ1n) is 7.92. The molecule has 3 N–H and O–H groups in total. The van der Waals surface area contributed by atoms with Gasteiger partial charge in [0.1, 0.15) is 6.04 Å². The molecule has 0 spiro atoms. The summed E-state index contributed by atoms with van der Waals surface area (Å²) in [5, 5.41) is 13.0. The lowest BCUT2D eigenvalue weighted by atomic mass is 10.0. The molecule has 3 rings (SSSR count). The summed E-state index contributed by atoms with van der Waals surface area (Å²) in [6.45, 7) is 0.671. The van der Waals surface area contributed by atoms with E-state index in [1.165, 1.54) is 0 Å². The molecule has 6 nitrogen and oxygen atoms in total. The first-order chi connectivity index (χ1) is 11.5. The van der Waals surface area contributed by atoms with Crippen LogP contribution >= 0.6 is 15.9 Å². The molecule has 2 aromatic rings. The summed E-state index contributed by atoms with van der Waals surface area (Å²) in [7, 11) is 0. The normalized spacial score (nSPS) is 18.6. The van der Waals surface area contributed by atoms with Crippen molar-refractivity contribution in [3.63, 3.8) is 0 Å². The number of carboxylic acids is 1. The number of aromatic nitrogens is 1. The zero-order valence-electron chi connectivity index (χ0n) is 13.0. The van der Waals surface area contributed by atoms with Gasteiger partial charge in [-0.15, -0.1) is 0 Å². The molecule has 1 saturated heterocycles. The number of ether oxygens (including phenoxy) is 1. The van der Waals surface area contributed by atoms with Crippen LogP contribution in [0.3, 0.4) is 0 Å². The third kappa shape index (κ3) is 3.96. The highest BCUT2D eigenvalue weighted by Gasteiger charge is 2.25. The Kier molecular flexibility index (Phi) is 5.20. The highest BCUT2D eigenvalue weighted by atomic mass is 79.9. The monoisotopic (exact) mass is 394 g/mol. The lowest BCUT2D eigenvalue weighted by Gasteiger charge is -2.16. The van der Waals surface area contributed by atoms with Crippen LogP contribution in [0.5, 0.6) is 0 Å². The average Bonchev–Trinajstić information content (AvgIpc) is 3.16. The minimum atomic E-state index is -1.04. The minimum Gasteiger partial charge on any atom is -0.480 e. The number of rotatable bonds is 6. The van der Waals surface area contributed by atoms with Gasteiger partial charge in [0.25, 0.3) is 0 Å². The summed E-state index contributed by atoms with van der Waals surface area (Å²) < 4.78 is 6.35. The van der Waals surface area contributed by atoms with Crippen LogP contribution in [0, 0.1) is 0 Å². The lowest BCUT2D eigenvalue weighted by Crippen LogP contribution is -2.43. The number of benzene rings is 1. The molecule has 7 heteroatoms. The van der Waals surface area contributed by atoms with E-state index in [1.54, 1.807) is 6.20 Å². The van der Waals surface area contributed by atoms with Crippen LogP contribution in [0.1, 0.15) is 24.8 Å². The molecule has 1 amide bonds. The number of aliphatic carboxylic acids is 1. The van der Waals surface area contributed by atoms with E-state index in [9.17, 15) is 14.7 Å². The van der Waals surface area contributed by atoms with Crippen LogP contribution in [-0.4, -0.2) is 40.7 Å². The molecule has 1 aromatic carbocycles. The van der Waals surface area contributed by atoms with Crippen LogP contribution in [0.25, 0.3) is 10.9 Å². The standard InChI is InChI=1S/C17H19BrN2O4/c18-11-3-4-14-13(7-11)10(9-19-14)6-15(17(22)23)20-16(21)8-12-2-1-5-24-12/h3-4,7,9,12,15,19H,1-2,5-6,8H2,(H,20,21)(H,22,23). The van der Waals surface area contributed by atoms with E-state index >= 15 is 0 Å². The average molecular weight is 395 g/mol. The Morgan fingerprint density at radius 3 is 3.00 bits per heavy atom. The number of hydrogen-bond donors (Lipinski definition) is 3. The molecule has 1 aliphatic heterocycles. The van der Waals surface area contributed by atoms with E-state index in [2.05, 4.69) is 26.2 Å². The van der Waals surface area contributed by atoms with Crippen LogP contribution in [-0.2, 0) is 20.7 Å². The molecule has 1 fully saturated rings. The molecule has 2 heterocycles. The number of nitrogens with one attached hydrogen (secondary N) is 2. The second-order valence-electron chi connectivity index (χ2n) is 6.01. The van der Waals surface area contributed by atoms with Gasteiger partial charge in [0.2, 0.25) is 5.91 Å². The summed E-state index contributed by atoms with van der Waals surface area (Å²) in [5.74, 6) is -1.32. The summed E-state index contributed by atoms with van der Waals surface area (Å²) in [6, 6.07) is 4.82. The van der Waals surface area contributed by atoms with Gasteiger partial charge in [0, 0.05) is 34.6 Å². The number of carbonyl (C=O) groups is 2. The van der Waals surface area contributed by atoms with Crippen LogP contribution < -0.4 is 5.32 Å². The quantitative estimate of drug-likeness (QED) is 0.701. The van der Waals surface area contributed by atoms with E-state index in [-0.39, 0.29) is 24.9 Å². The Balaban J connectivity index is 1.69. The van der Waals surface area contributed by atoms with E-state index in [0.29, 0.717) is 6.61 Å². The summed E-state index contributed by atoms with van der Waals surface area (Å²) >= 11 is 3.42. The van der Waals surface area contributed by atoms with Crippen molar-refractivity contribution in [1.82, 2.24) is 10.3 Å². The van der Waals surface area contributed by atoms with Crippen molar-refractivity contribution in [3.05, 3.63) is 34.4 Å². The molecule has 1 aliphatic rings. The molecule has 0 aliphatic carbocycles. The first kappa shape index (κ1) is 17.0. The molecule has 2 unspecified atom stereocenters. The molecule has 2 atom stereocenters. The van der Waals surface area contributed by atoms with Crippen molar-refractivity contribution < 1.29 is 19.4 Å². The zero-order valence-corrected chi connectivity index (χ0v) is 14.6. The second kappa shape index (κ2) is 7.36. The first-order valence-corrected chi connectivity index (χ1v) is 8.71. The maximum atomic E-state index is 12.1. The number of carboxylic acid groups (broad SMARTS) is 1. The van der Waals surface area contributed by atoms with Crippen molar-refractivity contribution in [3.8, 4) is 0 Å². The van der Waals surface area contributed by atoms with E-state index in [1.807, 2.05) is 18.2 Å². The summed E-state index contributed by atoms with van der Waals surface area (Å²) in [5.41, 5.74) is 1.79. The van der Waals surface area contributed by atoms with E-state index < -0.39 is 12.0 Å². The van der Waals surface area contributed by atoms with Gasteiger partial charge in [-0.3, -0.25) is 4.79 Å². The predicted octanol–water partition coefficient (Wildman–Crippen LogP) is 2.61. The number of hydrogen-bond acceptors (Lipinski definition) is 3. The summed E-state index contributed by atoms with van der Waals surface area (Å²) in [4.78, 5) is 26.8. The fraction of sp³-hybridized carbons (Fsp3) is 0.412. The van der Waals surface area contributed by atoms with Crippen molar-refractivity contribution in [1.29, 1.82) is 0 Å². The Morgan fingerprint density at radius 1 is 1.46 bits per heavy atom. The van der Waals surface area contributed by atoms with Gasteiger partial charge < -0.3 is 20.1 Å². The van der Waals surface area contributed by atoms with Gasteiger partial charge in [-0.1, -0.05) is 15.9 Å². The molecule has 1 aromatic heterocycles. The number of amides is 1. The molecule has 0 bridgehead atoms. The summed E-state index contributed by atoms with van der Waals surface area (Å²) in [6.07, 6.45) is 3.93. The highest BCUT2D eigenvalue weighted by Crippen LogP contribution is 2.24. The predicted molar refractivity (Wildman–Crippen MR) is 92.9 cm³/mol. The van der Waals surface area contributed by atoms with Crippen molar-refractivity contribution in [2.75, 3.05) is 6.61 Å². The maximum Gasteiger partial charge on any atom is 0.326 e. The minimum absolute atomic E-state index is 0.0940. The van der Waals surface area contributed by atoms with Gasteiger partial charge in [-0.05, 0) is 36.6 Å². The fourth-order valence-electron chi connectivity index (χ4n) is 3.00. The molecule has 128 valence electrons. The smallest absolute Gasteiger partial charge is 0.326 e. The van der Waals surface area contributed by atoms with E-state index in [4.69, 9.17) is 4.74 Å².